The lowest BCUT2D eigenvalue weighted by molar-refractivity contribution is 0.0957. The van der Waals surface area contributed by atoms with Crippen LogP contribution in [-0.4, -0.2) is 20.4 Å². The molecule has 2 aromatic carbocycles. The number of fused-ring (bicyclic) bond motifs is 3. The highest BCUT2D eigenvalue weighted by Gasteiger charge is 2.28. The van der Waals surface area contributed by atoms with Crippen molar-refractivity contribution in [3.8, 4) is 11.1 Å². The number of carbonyl (C=O) groups is 1. The summed E-state index contributed by atoms with van der Waals surface area (Å²) < 4.78 is 15.2. The second-order valence-electron chi connectivity index (χ2n) is 7.68. The summed E-state index contributed by atoms with van der Waals surface area (Å²) in [5, 5.41) is 4.70. The first-order valence-corrected chi connectivity index (χ1v) is 10.00. The molecule has 1 aliphatic carbocycles. The van der Waals surface area contributed by atoms with Gasteiger partial charge in [-0.3, -0.25) is 4.79 Å². The molecule has 0 saturated carbocycles. The van der Waals surface area contributed by atoms with Gasteiger partial charge in [-0.05, 0) is 42.5 Å². The Morgan fingerprint density at radius 1 is 1.07 bits per heavy atom. The van der Waals surface area contributed by atoms with E-state index in [4.69, 9.17) is 5.10 Å². The summed E-state index contributed by atoms with van der Waals surface area (Å²) in [6.07, 6.45) is 7.03. The molecule has 0 amide bonds. The van der Waals surface area contributed by atoms with Gasteiger partial charge in [-0.1, -0.05) is 54.6 Å². The maximum Gasteiger partial charge on any atom is 0.166 e. The van der Waals surface area contributed by atoms with E-state index in [1.807, 2.05) is 37.3 Å². The molecule has 0 aliphatic heterocycles. The lowest BCUT2D eigenvalue weighted by Gasteiger charge is -2.21. The Hall–Kier alpha value is -3.60. The standard InChI is InChI=1S/C25H20FN3O/c1-16-24(19-9-11-20(26)12-10-19)25-27-15-21-22(29(25)28-16)13-18(14-23(21)30)8-7-17-5-3-2-4-6-17/h2-12,15,18H,13-14H2,1H3/b8-7+/t18-/m0/s1. The van der Waals surface area contributed by atoms with Crippen molar-refractivity contribution in [1.29, 1.82) is 0 Å². The largest absolute Gasteiger partial charge is 0.294 e. The quantitative estimate of drug-likeness (QED) is 0.471. The average molecular weight is 397 g/mol. The SMILES string of the molecule is Cc1nn2c3c(cnc2c1-c1ccc(F)cc1)C(=O)C[C@@H](/C=C/c1ccccc1)C3. The Morgan fingerprint density at radius 2 is 1.83 bits per heavy atom. The Balaban J connectivity index is 1.56. The van der Waals surface area contributed by atoms with Crippen molar-refractivity contribution in [2.24, 2.45) is 5.92 Å². The second-order valence-corrected chi connectivity index (χ2v) is 7.68. The molecule has 0 spiro atoms. The number of halogens is 1. The summed E-state index contributed by atoms with van der Waals surface area (Å²) in [5.74, 6) is -0.0868. The number of Topliss-reactive ketones (excluding diaryl/α,β-unsaturated/α-hetero) is 1. The molecule has 0 unspecified atom stereocenters. The van der Waals surface area contributed by atoms with Crippen LogP contribution in [0.5, 0.6) is 0 Å². The molecule has 148 valence electrons. The van der Waals surface area contributed by atoms with Crippen LogP contribution in [0.1, 0.15) is 33.7 Å². The van der Waals surface area contributed by atoms with Gasteiger partial charge in [-0.25, -0.2) is 13.9 Å². The van der Waals surface area contributed by atoms with E-state index in [1.54, 1.807) is 22.8 Å². The fourth-order valence-corrected chi connectivity index (χ4v) is 4.14. The number of allylic oxidation sites excluding steroid dienone is 1. The van der Waals surface area contributed by atoms with Crippen molar-refractivity contribution >= 4 is 17.5 Å². The highest BCUT2D eigenvalue weighted by Crippen LogP contribution is 2.32. The minimum absolute atomic E-state index is 0.0878. The number of aryl methyl sites for hydroxylation is 1. The van der Waals surface area contributed by atoms with E-state index in [0.717, 1.165) is 28.1 Å². The predicted molar refractivity (Wildman–Crippen MR) is 115 cm³/mol. The van der Waals surface area contributed by atoms with E-state index in [-0.39, 0.29) is 17.5 Å². The molecule has 1 atom stereocenters. The molecule has 1 aliphatic rings. The van der Waals surface area contributed by atoms with Crippen LogP contribution in [0.25, 0.3) is 22.9 Å². The maximum absolute atomic E-state index is 13.4. The van der Waals surface area contributed by atoms with Gasteiger partial charge in [0.15, 0.2) is 11.4 Å². The van der Waals surface area contributed by atoms with Crippen LogP contribution in [0.2, 0.25) is 0 Å². The normalized spacial score (nSPS) is 16.3. The lowest BCUT2D eigenvalue weighted by Crippen LogP contribution is -2.22. The fraction of sp³-hybridized carbons (Fsp3) is 0.160. The fourth-order valence-electron chi connectivity index (χ4n) is 4.14. The van der Waals surface area contributed by atoms with E-state index >= 15 is 0 Å². The van der Waals surface area contributed by atoms with E-state index in [1.165, 1.54) is 12.1 Å². The molecule has 4 nitrogen and oxygen atoms in total. The Morgan fingerprint density at radius 3 is 2.60 bits per heavy atom. The Labute approximate surface area is 173 Å². The number of hydrogen-bond donors (Lipinski definition) is 0. The van der Waals surface area contributed by atoms with Gasteiger partial charge in [0.05, 0.1) is 17.0 Å². The molecule has 0 saturated heterocycles. The van der Waals surface area contributed by atoms with Crippen LogP contribution in [-0.2, 0) is 6.42 Å². The number of ketones is 1. The zero-order chi connectivity index (χ0) is 20.7. The molecular weight excluding hydrogens is 377 g/mol. The molecular formula is C25H20FN3O. The summed E-state index contributed by atoms with van der Waals surface area (Å²) in [6.45, 7) is 1.91. The monoisotopic (exact) mass is 397 g/mol. The minimum atomic E-state index is -0.281. The molecule has 0 bridgehead atoms. The van der Waals surface area contributed by atoms with Gasteiger partial charge < -0.3 is 0 Å². The van der Waals surface area contributed by atoms with Crippen molar-refractivity contribution in [3.63, 3.8) is 0 Å². The minimum Gasteiger partial charge on any atom is -0.294 e. The highest BCUT2D eigenvalue weighted by atomic mass is 19.1. The number of rotatable bonds is 3. The highest BCUT2D eigenvalue weighted by molar-refractivity contribution is 5.98. The molecule has 30 heavy (non-hydrogen) atoms. The number of hydrogen-bond acceptors (Lipinski definition) is 3. The number of carbonyl (C=O) groups excluding carboxylic acids is 1. The molecule has 0 fully saturated rings. The predicted octanol–water partition coefficient (Wildman–Crippen LogP) is 5.30. The van der Waals surface area contributed by atoms with Gasteiger partial charge in [0.1, 0.15) is 5.82 Å². The summed E-state index contributed by atoms with van der Waals surface area (Å²) in [6, 6.07) is 16.4. The summed E-state index contributed by atoms with van der Waals surface area (Å²) in [7, 11) is 0. The molecule has 0 N–H and O–H groups in total. The summed E-state index contributed by atoms with van der Waals surface area (Å²) in [5.41, 5.74) is 5.86. The molecule has 2 heterocycles. The van der Waals surface area contributed by atoms with Crippen molar-refractivity contribution in [1.82, 2.24) is 14.6 Å². The zero-order valence-corrected chi connectivity index (χ0v) is 16.5. The Kier molecular flexibility index (Phi) is 4.51. The van der Waals surface area contributed by atoms with Crippen LogP contribution in [0.3, 0.4) is 0 Å². The summed E-state index contributed by atoms with van der Waals surface area (Å²) in [4.78, 5) is 17.3. The van der Waals surface area contributed by atoms with E-state index < -0.39 is 0 Å². The first-order chi connectivity index (χ1) is 14.6. The molecule has 5 heteroatoms. The Bertz CT molecular complexity index is 1270. The average Bonchev–Trinajstić information content (AvgIpc) is 3.10. The van der Waals surface area contributed by atoms with Gasteiger partial charge in [-0.15, -0.1) is 0 Å². The third-order valence-electron chi connectivity index (χ3n) is 5.62. The van der Waals surface area contributed by atoms with Gasteiger partial charge in [-0.2, -0.15) is 5.10 Å². The van der Waals surface area contributed by atoms with Crippen molar-refractivity contribution < 1.29 is 9.18 Å². The third kappa shape index (κ3) is 3.22. The lowest BCUT2D eigenvalue weighted by atomic mass is 9.86. The first kappa shape index (κ1) is 18.4. The van der Waals surface area contributed by atoms with Crippen LogP contribution in [0.4, 0.5) is 4.39 Å². The van der Waals surface area contributed by atoms with Crippen LogP contribution >= 0.6 is 0 Å². The van der Waals surface area contributed by atoms with Gasteiger partial charge in [0, 0.05) is 18.2 Å². The second kappa shape index (κ2) is 7.34. The molecule has 4 aromatic rings. The maximum atomic E-state index is 13.4. The summed E-state index contributed by atoms with van der Waals surface area (Å²) >= 11 is 0. The van der Waals surface area contributed by atoms with Gasteiger partial charge in [0.2, 0.25) is 0 Å². The van der Waals surface area contributed by atoms with Crippen LogP contribution in [0.15, 0.2) is 66.9 Å². The topological polar surface area (TPSA) is 47.3 Å². The van der Waals surface area contributed by atoms with Crippen molar-refractivity contribution in [2.45, 2.75) is 19.8 Å². The zero-order valence-electron chi connectivity index (χ0n) is 16.5. The molecule has 0 radical (unpaired) electrons. The van der Waals surface area contributed by atoms with Crippen LogP contribution < -0.4 is 0 Å². The number of benzene rings is 2. The van der Waals surface area contributed by atoms with E-state index in [2.05, 4.69) is 17.1 Å². The number of nitrogens with zero attached hydrogens (tertiary/aromatic N) is 3. The van der Waals surface area contributed by atoms with E-state index in [0.29, 0.717) is 24.1 Å². The molecule has 5 rings (SSSR count). The van der Waals surface area contributed by atoms with Crippen molar-refractivity contribution in [2.75, 3.05) is 0 Å². The van der Waals surface area contributed by atoms with Gasteiger partial charge in [0.25, 0.3) is 0 Å². The third-order valence-corrected chi connectivity index (χ3v) is 5.62. The first-order valence-electron chi connectivity index (χ1n) is 10.00. The van der Waals surface area contributed by atoms with Crippen molar-refractivity contribution in [3.05, 3.63) is 95.2 Å². The van der Waals surface area contributed by atoms with Crippen LogP contribution in [0, 0.1) is 18.7 Å². The van der Waals surface area contributed by atoms with Gasteiger partial charge >= 0.3 is 0 Å². The number of aromatic nitrogens is 3. The smallest absolute Gasteiger partial charge is 0.166 e. The molecule has 2 aromatic heterocycles. The van der Waals surface area contributed by atoms with E-state index in [9.17, 15) is 9.18 Å².